The standard InChI is InChI=1S/C21H39NO4/c1-4-7-8-9-11-19(23)18-21(26-20(24)5-2)12-15-22(16-13-21)14-10-17-25-6-3/h4-18H2,1-3H3. The van der Waals surface area contributed by atoms with Gasteiger partial charge in [0.25, 0.3) is 0 Å². The number of carbonyl (C=O) groups is 2. The van der Waals surface area contributed by atoms with Gasteiger partial charge in [-0.3, -0.25) is 9.59 Å². The largest absolute Gasteiger partial charge is 0.458 e. The Bertz CT molecular complexity index is 403. The molecule has 0 spiro atoms. The van der Waals surface area contributed by atoms with E-state index in [9.17, 15) is 9.59 Å². The Morgan fingerprint density at radius 1 is 1.00 bits per heavy atom. The van der Waals surface area contributed by atoms with Crippen molar-refractivity contribution in [3.63, 3.8) is 0 Å². The van der Waals surface area contributed by atoms with Crippen molar-refractivity contribution in [2.24, 2.45) is 0 Å². The molecule has 0 N–H and O–H groups in total. The van der Waals surface area contributed by atoms with Crippen molar-refractivity contribution in [2.45, 2.75) is 90.6 Å². The van der Waals surface area contributed by atoms with Crippen molar-refractivity contribution in [1.29, 1.82) is 0 Å². The van der Waals surface area contributed by atoms with Crippen molar-refractivity contribution >= 4 is 11.8 Å². The van der Waals surface area contributed by atoms with Crippen LogP contribution in [0.4, 0.5) is 0 Å². The number of hydrogen-bond donors (Lipinski definition) is 0. The molecule has 1 saturated heterocycles. The molecular formula is C21H39NO4. The number of hydrogen-bond acceptors (Lipinski definition) is 5. The first-order valence-electron chi connectivity index (χ1n) is 10.6. The maximum Gasteiger partial charge on any atom is 0.306 e. The molecule has 0 aromatic carbocycles. The van der Waals surface area contributed by atoms with E-state index in [4.69, 9.17) is 9.47 Å². The zero-order chi connectivity index (χ0) is 19.3. The number of Topliss-reactive ketones (excluding diaryl/α,β-unsaturated/α-hetero) is 1. The summed E-state index contributed by atoms with van der Waals surface area (Å²) < 4.78 is 11.2. The molecule has 0 aromatic rings. The second-order valence-electron chi connectivity index (χ2n) is 7.43. The fraction of sp³-hybridized carbons (Fsp3) is 0.905. The van der Waals surface area contributed by atoms with Crippen LogP contribution in [0.1, 0.15) is 85.0 Å². The van der Waals surface area contributed by atoms with Crippen LogP contribution in [0.2, 0.25) is 0 Å². The number of piperidine rings is 1. The first kappa shape index (κ1) is 23.1. The maximum atomic E-state index is 12.5. The molecule has 0 radical (unpaired) electrons. The van der Waals surface area contributed by atoms with Crippen LogP contribution in [0.5, 0.6) is 0 Å². The monoisotopic (exact) mass is 369 g/mol. The summed E-state index contributed by atoms with van der Waals surface area (Å²) >= 11 is 0. The van der Waals surface area contributed by atoms with Crippen molar-refractivity contribution in [3.8, 4) is 0 Å². The lowest BCUT2D eigenvalue weighted by molar-refractivity contribution is -0.167. The van der Waals surface area contributed by atoms with Gasteiger partial charge < -0.3 is 14.4 Å². The van der Waals surface area contributed by atoms with Crippen LogP contribution in [0, 0.1) is 0 Å². The maximum absolute atomic E-state index is 12.5. The number of unbranched alkanes of at least 4 members (excludes halogenated alkanes) is 3. The summed E-state index contributed by atoms with van der Waals surface area (Å²) in [5.74, 6) is 0.0587. The topological polar surface area (TPSA) is 55.8 Å². The summed E-state index contributed by atoms with van der Waals surface area (Å²) in [6.45, 7) is 10.3. The fourth-order valence-electron chi connectivity index (χ4n) is 3.54. The second-order valence-corrected chi connectivity index (χ2v) is 7.43. The van der Waals surface area contributed by atoms with E-state index in [1.807, 2.05) is 13.8 Å². The van der Waals surface area contributed by atoms with Gasteiger partial charge in [-0.2, -0.15) is 0 Å². The summed E-state index contributed by atoms with van der Waals surface area (Å²) in [6, 6.07) is 0. The number of rotatable bonds is 14. The molecule has 1 aliphatic rings. The molecule has 5 nitrogen and oxygen atoms in total. The first-order chi connectivity index (χ1) is 12.5. The van der Waals surface area contributed by atoms with Gasteiger partial charge in [-0.1, -0.05) is 33.1 Å². The molecule has 0 atom stereocenters. The van der Waals surface area contributed by atoms with Gasteiger partial charge in [0.1, 0.15) is 11.4 Å². The van der Waals surface area contributed by atoms with Gasteiger partial charge >= 0.3 is 5.97 Å². The summed E-state index contributed by atoms with van der Waals surface area (Å²) in [6.07, 6.45) is 8.32. The number of esters is 1. The zero-order valence-corrected chi connectivity index (χ0v) is 17.2. The highest BCUT2D eigenvalue weighted by Gasteiger charge is 2.39. The minimum atomic E-state index is -0.578. The Labute approximate surface area is 159 Å². The van der Waals surface area contributed by atoms with Gasteiger partial charge in [-0.05, 0) is 19.8 Å². The third kappa shape index (κ3) is 9.13. The minimum Gasteiger partial charge on any atom is -0.458 e. The van der Waals surface area contributed by atoms with Gasteiger partial charge in [0, 0.05) is 65.0 Å². The summed E-state index contributed by atoms with van der Waals surface area (Å²) in [5.41, 5.74) is -0.578. The Morgan fingerprint density at radius 3 is 2.35 bits per heavy atom. The molecule has 26 heavy (non-hydrogen) atoms. The third-order valence-electron chi connectivity index (χ3n) is 5.18. The van der Waals surface area contributed by atoms with Crippen LogP contribution in [0.3, 0.4) is 0 Å². The Morgan fingerprint density at radius 2 is 1.73 bits per heavy atom. The molecule has 0 saturated carbocycles. The molecule has 0 aromatic heterocycles. The molecule has 1 heterocycles. The fourth-order valence-corrected chi connectivity index (χ4v) is 3.54. The summed E-state index contributed by atoms with van der Waals surface area (Å²) in [4.78, 5) is 26.8. The molecule has 5 heteroatoms. The molecule has 1 fully saturated rings. The minimum absolute atomic E-state index is 0.187. The van der Waals surface area contributed by atoms with Gasteiger partial charge in [0.15, 0.2) is 0 Å². The smallest absolute Gasteiger partial charge is 0.306 e. The van der Waals surface area contributed by atoms with Crippen LogP contribution in [-0.2, 0) is 19.1 Å². The lowest BCUT2D eigenvalue weighted by Gasteiger charge is -2.41. The van der Waals surface area contributed by atoms with Crippen LogP contribution in [0.15, 0.2) is 0 Å². The first-order valence-corrected chi connectivity index (χ1v) is 10.6. The van der Waals surface area contributed by atoms with E-state index in [-0.39, 0.29) is 11.8 Å². The predicted octanol–water partition coefficient (Wildman–Crippen LogP) is 4.13. The van der Waals surface area contributed by atoms with Crippen molar-refractivity contribution in [2.75, 3.05) is 32.8 Å². The number of ketones is 1. The van der Waals surface area contributed by atoms with E-state index in [1.54, 1.807) is 0 Å². The van der Waals surface area contributed by atoms with Crippen LogP contribution in [-0.4, -0.2) is 55.1 Å². The Kier molecular flexibility index (Phi) is 11.8. The van der Waals surface area contributed by atoms with E-state index >= 15 is 0 Å². The summed E-state index contributed by atoms with van der Waals surface area (Å²) in [7, 11) is 0. The van der Waals surface area contributed by atoms with Crippen LogP contribution < -0.4 is 0 Å². The highest BCUT2D eigenvalue weighted by molar-refractivity contribution is 5.80. The van der Waals surface area contributed by atoms with Gasteiger partial charge in [-0.15, -0.1) is 0 Å². The van der Waals surface area contributed by atoms with E-state index in [0.29, 0.717) is 19.3 Å². The van der Waals surface area contributed by atoms with E-state index in [0.717, 1.165) is 65.0 Å². The number of carbonyl (C=O) groups excluding carboxylic acids is 2. The summed E-state index contributed by atoms with van der Waals surface area (Å²) in [5, 5.41) is 0. The van der Waals surface area contributed by atoms with Gasteiger partial charge in [-0.25, -0.2) is 0 Å². The van der Waals surface area contributed by atoms with Crippen molar-refractivity contribution < 1.29 is 19.1 Å². The number of ether oxygens (including phenoxy) is 2. The number of nitrogens with zero attached hydrogens (tertiary/aromatic N) is 1. The molecular weight excluding hydrogens is 330 g/mol. The quantitative estimate of drug-likeness (QED) is 0.340. The molecule has 0 unspecified atom stereocenters. The van der Waals surface area contributed by atoms with Gasteiger partial charge in [0.05, 0.1) is 0 Å². The average molecular weight is 370 g/mol. The highest BCUT2D eigenvalue weighted by atomic mass is 16.6. The van der Waals surface area contributed by atoms with Gasteiger partial charge in [0.2, 0.25) is 0 Å². The van der Waals surface area contributed by atoms with Crippen LogP contribution >= 0.6 is 0 Å². The van der Waals surface area contributed by atoms with E-state index < -0.39 is 5.60 Å². The Hall–Kier alpha value is -0.940. The normalized spacial score (nSPS) is 17.2. The molecule has 1 rings (SSSR count). The van der Waals surface area contributed by atoms with E-state index in [1.165, 1.54) is 12.8 Å². The molecule has 0 aliphatic carbocycles. The van der Waals surface area contributed by atoms with E-state index in [2.05, 4.69) is 11.8 Å². The van der Waals surface area contributed by atoms with Crippen molar-refractivity contribution in [3.05, 3.63) is 0 Å². The average Bonchev–Trinajstić information content (AvgIpc) is 2.64. The molecule has 0 amide bonds. The number of likely N-dealkylation sites (tertiary alicyclic amines) is 1. The van der Waals surface area contributed by atoms with Crippen molar-refractivity contribution in [1.82, 2.24) is 4.90 Å². The zero-order valence-electron chi connectivity index (χ0n) is 17.2. The highest BCUT2D eigenvalue weighted by Crippen LogP contribution is 2.31. The molecule has 0 bridgehead atoms. The SMILES string of the molecule is CCCCCCC(=O)CC1(OC(=O)CC)CCN(CCCOCC)CC1. The van der Waals surface area contributed by atoms with Crippen LogP contribution in [0.25, 0.3) is 0 Å². The Balaban J connectivity index is 2.49. The lowest BCUT2D eigenvalue weighted by Crippen LogP contribution is -2.48. The third-order valence-corrected chi connectivity index (χ3v) is 5.18. The molecule has 1 aliphatic heterocycles. The second kappa shape index (κ2) is 13.3. The lowest BCUT2D eigenvalue weighted by atomic mass is 9.85. The predicted molar refractivity (Wildman–Crippen MR) is 104 cm³/mol. The molecule has 152 valence electrons.